The number of carboxylic acids is 1. The summed E-state index contributed by atoms with van der Waals surface area (Å²) in [5.74, 6) is -2.30. The third kappa shape index (κ3) is 6.24. The minimum Gasteiger partial charge on any atom is -0.545 e. The van der Waals surface area contributed by atoms with Crippen LogP contribution < -0.4 is 20.7 Å². The lowest BCUT2D eigenvalue weighted by Gasteiger charge is -2.10. The third-order valence-electron chi connectivity index (χ3n) is 2.40. The van der Waals surface area contributed by atoms with Crippen LogP contribution in [0.15, 0.2) is 30.4 Å². The first kappa shape index (κ1) is 16.2. The van der Waals surface area contributed by atoms with Gasteiger partial charge in [-0.25, -0.2) is 0 Å². The van der Waals surface area contributed by atoms with Crippen LogP contribution in [0.1, 0.15) is 11.1 Å². The SMILES string of the molecule is Cc1ccc(C)c(OCC(=O)NNC(=O)/C=C/C(=O)[O-])c1. The largest absolute Gasteiger partial charge is 0.545 e. The van der Waals surface area contributed by atoms with Gasteiger partial charge in [-0.2, -0.15) is 0 Å². The van der Waals surface area contributed by atoms with Crippen LogP contribution in [0.4, 0.5) is 0 Å². The minimum absolute atomic E-state index is 0.283. The summed E-state index contributed by atoms with van der Waals surface area (Å²) in [5, 5.41) is 10.1. The summed E-state index contributed by atoms with van der Waals surface area (Å²) in [6, 6.07) is 5.59. The summed E-state index contributed by atoms with van der Waals surface area (Å²) in [5.41, 5.74) is 5.97. The summed E-state index contributed by atoms with van der Waals surface area (Å²) in [6.45, 7) is 3.46. The van der Waals surface area contributed by atoms with Crippen molar-refractivity contribution in [2.45, 2.75) is 13.8 Å². The summed E-state index contributed by atoms with van der Waals surface area (Å²) in [4.78, 5) is 32.6. The molecule has 0 spiro atoms. The number of carbonyl (C=O) groups is 3. The van der Waals surface area contributed by atoms with Crippen LogP contribution in [0.5, 0.6) is 5.75 Å². The lowest BCUT2D eigenvalue weighted by Crippen LogP contribution is -2.43. The summed E-state index contributed by atoms with van der Waals surface area (Å²) >= 11 is 0. The molecule has 2 amide bonds. The maximum Gasteiger partial charge on any atom is 0.276 e. The van der Waals surface area contributed by atoms with E-state index < -0.39 is 17.8 Å². The average molecular weight is 291 g/mol. The number of carbonyl (C=O) groups excluding carboxylic acids is 3. The normalized spacial score (nSPS) is 10.2. The Kier molecular flexibility index (Phi) is 5.94. The van der Waals surface area contributed by atoms with Crippen LogP contribution >= 0.6 is 0 Å². The van der Waals surface area contributed by atoms with Crippen molar-refractivity contribution in [1.82, 2.24) is 10.9 Å². The molecule has 0 saturated carbocycles. The summed E-state index contributed by atoms with van der Waals surface area (Å²) < 4.78 is 5.32. The molecule has 0 aliphatic rings. The number of hydrogen-bond acceptors (Lipinski definition) is 5. The molecule has 7 nitrogen and oxygen atoms in total. The van der Waals surface area contributed by atoms with E-state index >= 15 is 0 Å². The Morgan fingerprint density at radius 2 is 1.90 bits per heavy atom. The first-order valence-corrected chi connectivity index (χ1v) is 6.06. The lowest BCUT2D eigenvalue weighted by molar-refractivity contribution is -0.297. The average Bonchev–Trinajstić information content (AvgIpc) is 2.43. The fourth-order valence-electron chi connectivity index (χ4n) is 1.36. The molecule has 0 bridgehead atoms. The Morgan fingerprint density at radius 3 is 2.57 bits per heavy atom. The van der Waals surface area contributed by atoms with Crippen molar-refractivity contribution in [1.29, 1.82) is 0 Å². The van der Waals surface area contributed by atoms with E-state index in [1.54, 1.807) is 6.07 Å². The van der Waals surface area contributed by atoms with E-state index in [0.29, 0.717) is 11.8 Å². The van der Waals surface area contributed by atoms with E-state index in [4.69, 9.17) is 4.74 Å². The molecule has 7 heteroatoms. The summed E-state index contributed by atoms with van der Waals surface area (Å²) in [7, 11) is 0. The molecule has 0 heterocycles. The van der Waals surface area contributed by atoms with Crippen molar-refractivity contribution < 1.29 is 24.2 Å². The number of rotatable bonds is 5. The van der Waals surface area contributed by atoms with E-state index in [-0.39, 0.29) is 6.61 Å². The molecule has 112 valence electrons. The molecular weight excluding hydrogens is 276 g/mol. The predicted molar refractivity (Wildman–Crippen MR) is 71.8 cm³/mol. The number of hydrogen-bond donors (Lipinski definition) is 2. The molecule has 0 unspecified atom stereocenters. The Bertz CT molecular complexity index is 581. The fraction of sp³-hybridized carbons (Fsp3) is 0.214. The molecular formula is C14H15N2O5-. The van der Waals surface area contributed by atoms with Gasteiger partial charge in [-0.3, -0.25) is 20.4 Å². The van der Waals surface area contributed by atoms with E-state index in [0.717, 1.165) is 17.2 Å². The molecule has 1 aromatic rings. The highest BCUT2D eigenvalue weighted by Gasteiger charge is 2.05. The van der Waals surface area contributed by atoms with Gasteiger partial charge < -0.3 is 14.6 Å². The number of aliphatic carboxylic acids is 1. The summed E-state index contributed by atoms with van der Waals surface area (Å²) in [6.07, 6.45) is 1.27. The number of aryl methyl sites for hydroxylation is 2. The molecule has 21 heavy (non-hydrogen) atoms. The maximum atomic E-state index is 11.5. The number of benzene rings is 1. The molecule has 0 fully saturated rings. The molecule has 1 aromatic carbocycles. The highest BCUT2D eigenvalue weighted by atomic mass is 16.5. The van der Waals surface area contributed by atoms with Crippen LogP contribution in [0.3, 0.4) is 0 Å². The zero-order chi connectivity index (χ0) is 15.8. The van der Waals surface area contributed by atoms with Crippen LogP contribution in [-0.4, -0.2) is 24.4 Å². The smallest absolute Gasteiger partial charge is 0.276 e. The van der Waals surface area contributed by atoms with E-state index in [1.807, 2.05) is 31.4 Å². The first-order valence-electron chi connectivity index (χ1n) is 6.06. The van der Waals surface area contributed by atoms with E-state index in [2.05, 4.69) is 5.43 Å². The van der Waals surface area contributed by atoms with Gasteiger partial charge in [0.25, 0.3) is 11.8 Å². The number of amides is 2. The second kappa shape index (κ2) is 7.68. The van der Waals surface area contributed by atoms with Crippen molar-refractivity contribution >= 4 is 17.8 Å². The van der Waals surface area contributed by atoms with Gasteiger partial charge in [-0.1, -0.05) is 12.1 Å². The van der Waals surface area contributed by atoms with Gasteiger partial charge in [0.1, 0.15) is 5.75 Å². The van der Waals surface area contributed by atoms with Gasteiger partial charge in [0.2, 0.25) is 0 Å². The third-order valence-corrected chi connectivity index (χ3v) is 2.40. The molecule has 2 N–H and O–H groups in total. The van der Waals surface area contributed by atoms with Crippen molar-refractivity contribution in [3.63, 3.8) is 0 Å². The van der Waals surface area contributed by atoms with Crippen LogP contribution in [-0.2, 0) is 14.4 Å². The second-order valence-electron chi connectivity index (χ2n) is 4.25. The van der Waals surface area contributed by atoms with Gasteiger partial charge >= 0.3 is 0 Å². The number of hydrazine groups is 1. The number of ether oxygens (including phenoxy) is 1. The number of carboxylic acid groups (broad SMARTS) is 1. The van der Waals surface area contributed by atoms with Gasteiger partial charge in [-0.15, -0.1) is 0 Å². The topological polar surface area (TPSA) is 108 Å². The lowest BCUT2D eigenvalue weighted by atomic mass is 10.1. The molecule has 0 radical (unpaired) electrons. The first-order chi connectivity index (χ1) is 9.88. The van der Waals surface area contributed by atoms with Crippen molar-refractivity contribution in [2.24, 2.45) is 0 Å². The monoisotopic (exact) mass is 291 g/mol. The molecule has 0 atom stereocenters. The quantitative estimate of drug-likeness (QED) is 0.542. The Morgan fingerprint density at radius 1 is 1.19 bits per heavy atom. The molecule has 0 aliphatic heterocycles. The van der Waals surface area contributed by atoms with Crippen molar-refractivity contribution in [3.8, 4) is 5.75 Å². The zero-order valence-electron chi connectivity index (χ0n) is 11.6. The zero-order valence-corrected chi connectivity index (χ0v) is 11.6. The van der Waals surface area contributed by atoms with Crippen LogP contribution in [0.2, 0.25) is 0 Å². The Labute approximate surface area is 121 Å². The van der Waals surface area contributed by atoms with Crippen LogP contribution in [0, 0.1) is 13.8 Å². The van der Waals surface area contributed by atoms with Gasteiger partial charge in [0.05, 0.1) is 5.97 Å². The fourth-order valence-corrected chi connectivity index (χ4v) is 1.36. The van der Waals surface area contributed by atoms with Crippen molar-refractivity contribution in [2.75, 3.05) is 6.61 Å². The second-order valence-corrected chi connectivity index (χ2v) is 4.25. The molecule has 0 aromatic heterocycles. The van der Waals surface area contributed by atoms with Gasteiger partial charge in [0, 0.05) is 6.08 Å². The highest BCUT2D eigenvalue weighted by Crippen LogP contribution is 2.18. The Balaban J connectivity index is 2.39. The molecule has 0 saturated heterocycles. The highest BCUT2D eigenvalue weighted by molar-refractivity contribution is 5.94. The van der Waals surface area contributed by atoms with E-state index in [9.17, 15) is 19.5 Å². The number of nitrogens with one attached hydrogen (secondary N) is 2. The Hall–Kier alpha value is -2.83. The van der Waals surface area contributed by atoms with Gasteiger partial charge in [0.15, 0.2) is 6.61 Å². The minimum atomic E-state index is -1.50. The maximum absolute atomic E-state index is 11.5. The molecule has 1 rings (SSSR count). The predicted octanol–water partition coefficient (Wildman–Crippen LogP) is -0.864. The van der Waals surface area contributed by atoms with E-state index in [1.165, 1.54) is 0 Å². The van der Waals surface area contributed by atoms with Crippen molar-refractivity contribution in [3.05, 3.63) is 41.5 Å². The van der Waals surface area contributed by atoms with Gasteiger partial charge in [-0.05, 0) is 37.1 Å². The standard InChI is InChI=1S/C14H16N2O5/c1-9-3-4-10(2)11(7-9)21-8-13(18)16-15-12(17)5-6-14(19)20/h3-7H,8H2,1-2H3,(H,15,17)(H,16,18)(H,19,20)/p-1/b6-5+. The van der Waals surface area contributed by atoms with Crippen LogP contribution in [0.25, 0.3) is 0 Å². The molecule has 0 aliphatic carbocycles.